The highest BCUT2D eigenvalue weighted by Gasteiger charge is 2.15. The molecule has 3 rings (SSSR count). The van der Waals surface area contributed by atoms with Gasteiger partial charge in [-0.05, 0) is 54.1 Å². The lowest BCUT2D eigenvalue weighted by molar-refractivity contribution is 0.0698. The van der Waals surface area contributed by atoms with Crippen molar-refractivity contribution in [3.8, 4) is 6.07 Å². The Labute approximate surface area is 165 Å². The standard InChI is InChI=1S/C21H15N3O3S/c22-12-15-4-5-19(18(10-15)21(26)27)24-20(25)16-2-1-3-17(11-16)28-13-14-6-8-23-9-7-14/h1-11H,13H2,(H,24,25)(H,26,27). The summed E-state index contributed by atoms with van der Waals surface area (Å²) in [4.78, 5) is 28.9. The summed E-state index contributed by atoms with van der Waals surface area (Å²) < 4.78 is 0. The first kappa shape index (κ1) is 19.1. The number of nitrogens with one attached hydrogen (secondary N) is 1. The van der Waals surface area contributed by atoms with E-state index in [9.17, 15) is 14.7 Å². The molecule has 1 heterocycles. The Morgan fingerprint density at radius 3 is 2.61 bits per heavy atom. The Morgan fingerprint density at radius 2 is 1.89 bits per heavy atom. The molecular formula is C21H15N3O3S. The predicted octanol–water partition coefficient (Wildman–Crippen LogP) is 4.20. The van der Waals surface area contributed by atoms with Crippen LogP contribution in [-0.2, 0) is 5.75 Å². The molecule has 0 aliphatic rings. The molecule has 1 aromatic heterocycles. The monoisotopic (exact) mass is 389 g/mol. The Kier molecular flexibility index (Phi) is 6.04. The molecule has 138 valence electrons. The van der Waals surface area contributed by atoms with Gasteiger partial charge in [-0.3, -0.25) is 9.78 Å². The maximum atomic E-state index is 12.6. The van der Waals surface area contributed by atoms with Crippen LogP contribution in [0.4, 0.5) is 5.69 Å². The molecule has 1 amide bonds. The molecule has 3 aromatic rings. The molecule has 2 N–H and O–H groups in total. The molecule has 0 aliphatic carbocycles. The summed E-state index contributed by atoms with van der Waals surface area (Å²) in [6, 6.07) is 17.0. The van der Waals surface area contributed by atoms with E-state index < -0.39 is 11.9 Å². The van der Waals surface area contributed by atoms with E-state index in [0.29, 0.717) is 5.56 Å². The van der Waals surface area contributed by atoms with E-state index in [4.69, 9.17) is 5.26 Å². The number of hydrogen-bond acceptors (Lipinski definition) is 5. The first-order valence-electron chi connectivity index (χ1n) is 8.27. The predicted molar refractivity (Wildman–Crippen MR) is 106 cm³/mol. The van der Waals surface area contributed by atoms with Crippen molar-refractivity contribution >= 4 is 29.3 Å². The molecule has 0 atom stereocenters. The molecule has 2 aromatic carbocycles. The first-order valence-corrected chi connectivity index (χ1v) is 9.26. The van der Waals surface area contributed by atoms with Crippen molar-refractivity contribution in [2.24, 2.45) is 0 Å². The molecule has 0 aliphatic heterocycles. The number of rotatable bonds is 6. The number of hydrogen-bond donors (Lipinski definition) is 2. The van der Waals surface area contributed by atoms with Gasteiger partial charge in [-0.15, -0.1) is 11.8 Å². The van der Waals surface area contributed by atoms with Gasteiger partial charge in [-0.25, -0.2) is 4.79 Å². The third-order valence-corrected chi connectivity index (χ3v) is 4.94. The second-order valence-corrected chi connectivity index (χ2v) is 6.85. The number of nitrogens with zero attached hydrogens (tertiary/aromatic N) is 2. The smallest absolute Gasteiger partial charge is 0.337 e. The second-order valence-electron chi connectivity index (χ2n) is 5.80. The molecule has 7 heteroatoms. The average Bonchev–Trinajstić information content (AvgIpc) is 2.73. The number of thioether (sulfide) groups is 1. The number of carboxylic acids is 1. The third kappa shape index (κ3) is 4.75. The molecule has 0 saturated heterocycles. The number of nitriles is 1. The fourth-order valence-electron chi connectivity index (χ4n) is 2.47. The molecular weight excluding hydrogens is 374 g/mol. The minimum Gasteiger partial charge on any atom is -0.478 e. The number of aromatic nitrogens is 1. The van der Waals surface area contributed by atoms with Crippen LogP contribution in [0.15, 0.2) is 71.9 Å². The number of carbonyl (C=O) groups is 2. The van der Waals surface area contributed by atoms with E-state index >= 15 is 0 Å². The van der Waals surface area contributed by atoms with Crippen LogP contribution in [0.3, 0.4) is 0 Å². The molecule has 0 spiro atoms. The molecule has 0 fully saturated rings. The van der Waals surface area contributed by atoms with Crippen molar-refractivity contribution in [2.75, 3.05) is 5.32 Å². The van der Waals surface area contributed by atoms with E-state index in [2.05, 4.69) is 10.3 Å². The topological polar surface area (TPSA) is 103 Å². The number of pyridine rings is 1. The number of carboxylic acid groups (broad SMARTS) is 1. The van der Waals surface area contributed by atoms with Crippen LogP contribution in [0.2, 0.25) is 0 Å². The van der Waals surface area contributed by atoms with Crippen LogP contribution in [0, 0.1) is 11.3 Å². The van der Waals surface area contributed by atoms with Gasteiger partial charge in [0.15, 0.2) is 0 Å². The first-order chi connectivity index (χ1) is 13.6. The van der Waals surface area contributed by atoms with Gasteiger partial charge in [0.05, 0.1) is 22.9 Å². The Hall–Kier alpha value is -3.63. The zero-order chi connectivity index (χ0) is 19.9. The fraction of sp³-hybridized carbons (Fsp3) is 0.0476. The Balaban J connectivity index is 1.75. The van der Waals surface area contributed by atoms with Crippen molar-refractivity contribution in [3.63, 3.8) is 0 Å². The van der Waals surface area contributed by atoms with Crippen LogP contribution < -0.4 is 5.32 Å². The highest BCUT2D eigenvalue weighted by Crippen LogP contribution is 2.24. The van der Waals surface area contributed by atoms with Gasteiger partial charge in [-0.2, -0.15) is 5.26 Å². The van der Waals surface area contributed by atoms with E-state index in [1.54, 1.807) is 42.4 Å². The number of aromatic carboxylic acids is 1. The highest BCUT2D eigenvalue weighted by molar-refractivity contribution is 7.98. The third-order valence-electron chi connectivity index (χ3n) is 3.88. The fourth-order valence-corrected chi connectivity index (χ4v) is 3.38. The Bertz CT molecular complexity index is 1060. The van der Waals surface area contributed by atoms with Gasteiger partial charge < -0.3 is 10.4 Å². The summed E-state index contributed by atoms with van der Waals surface area (Å²) in [6.45, 7) is 0. The summed E-state index contributed by atoms with van der Waals surface area (Å²) in [5.74, 6) is -0.889. The van der Waals surface area contributed by atoms with Crippen molar-refractivity contribution < 1.29 is 14.7 Å². The quantitative estimate of drug-likeness (QED) is 0.613. The van der Waals surface area contributed by atoms with E-state index in [1.165, 1.54) is 18.2 Å². The molecule has 6 nitrogen and oxygen atoms in total. The number of benzene rings is 2. The molecule has 0 bridgehead atoms. The summed E-state index contributed by atoms with van der Waals surface area (Å²) in [6.07, 6.45) is 3.47. The lowest BCUT2D eigenvalue weighted by atomic mass is 10.1. The van der Waals surface area contributed by atoms with Gasteiger partial charge in [0.1, 0.15) is 0 Å². The molecule has 28 heavy (non-hydrogen) atoms. The van der Waals surface area contributed by atoms with Gasteiger partial charge >= 0.3 is 5.97 Å². The summed E-state index contributed by atoms with van der Waals surface area (Å²) in [7, 11) is 0. The maximum absolute atomic E-state index is 12.6. The normalized spacial score (nSPS) is 10.1. The van der Waals surface area contributed by atoms with Crippen molar-refractivity contribution in [1.82, 2.24) is 4.98 Å². The summed E-state index contributed by atoms with van der Waals surface area (Å²) >= 11 is 1.59. The Morgan fingerprint density at radius 1 is 1.11 bits per heavy atom. The van der Waals surface area contributed by atoms with E-state index in [1.807, 2.05) is 24.3 Å². The molecule has 0 saturated carbocycles. The number of amides is 1. The summed E-state index contributed by atoms with van der Waals surface area (Å²) in [5, 5.41) is 20.9. The van der Waals surface area contributed by atoms with Gasteiger partial charge in [0, 0.05) is 28.6 Å². The lowest BCUT2D eigenvalue weighted by Gasteiger charge is -2.10. The van der Waals surface area contributed by atoms with Crippen molar-refractivity contribution in [3.05, 3.63) is 89.2 Å². The summed E-state index contributed by atoms with van der Waals surface area (Å²) in [5.41, 5.74) is 1.77. The van der Waals surface area contributed by atoms with Crippen molar-refractivity contribution in [1.29, 1.82) is 5.26 Å². The van der Waals surface area contributed by atoms with Crippen LogP contribution in [0.25, 0.3) is 0 Å². The number of carbonyl (C=O) groups excluding carboxylic acids is 1. The second kappa shape index (κ2) is 8.84. The SMILES string of the molecule is N#Cc1ccc(NC(=O)c2cccc(SCc3ccncc3)c2)c(C(=O)O)c1. The zero-order valence-electron chi connectivity index (χ0n) is 14.6. The number of anilines is 1. The van der Waals surface area contributed by atoms with Crippen molar-refractivity contribution in [2.45, 2.75) is 10.6 Å². The maximum Gasteiger partial charge on any atom is 0.337 e. The van der Waals surface area contributed by atoms with Crippen LogP contribution in [0.5, 0.6) is 0 Å². The lowest BCUT2D eigenvalue weighted by Crippen LogP contribution is -2.15. The molecule has 0 unspecified atom stereocenters. The van der Waals surface area contributed by atoms with Crippen LogP contribution in [0.1, 0.15) is 31.8 Å². The minimum absolute atomic E-state index is 0.129. The largest absolute Gasteiger partial charge is 0.478 e. The highest BCUT2D eigenvalue weighted by atomic mass is 32.2. The van der Waals surface area contributed by atoms with Gasteiger partial charge in [0.25, 0.3) is 5.91 Å². The minimum atomic E-state index is -1.21. The average molecular weight is 389 g/mol. The van der Waals surface area contributed by atoms with E-state index in [-0.39, 0.29) is 16.8 Å². The van der Waals surface area contributed by atoms with Crippen LogP contribution >= 0.6 is 11.8 Å². The van der Waals surface area contributed by atoms with E-state index in [0.717, 1.165) is 16.2 Å². The van der Waals surface area contributed by atoms with Gasteiger partial charge in [-0.1, -0.05) is 6.07 Å². The molecule has 0 radical (unpaired) electrons. The van der Waals surface area contributed by atoms with Gasteiger partial charge in [0.2, 0.25) is 0 Å². The van der Waals surface area contributed by atoms with Crippen LogP contribution in [-0.4, -0.2) is 22.0 Å². The zero-order valence-corrected chi connectivity index (χ0v) is 15.4.